The minimum atomic E-state index is -0.408. The highest BCUT2D eigenvalue weighted by Crippen LogP contribution is 2.29. The van der Waals surface area contributed by atoms with Crippen molar-refractivity contribution in [3.63, 3.8) is 0 Å². The molecule has 120 valence electrons. The van der Waals surface area contributed by atoms with Gasteiger partial charge in [0, 0.05) is 18.8 Å². The first-order valence-electron chi connectivity index (χ1n) is 7.46. The summed E-state index contributed by atoms with van der Waals surface area (Å²) in [4.78, 5) is 25.8. The van der Waals surface area contributed by atoms with Crippen LogP contribution in [-0.2, 0) is 14.3 Å². The van der Waals surface area contributed by atoms with E-state index in [9.17, 15) is 9.59 Å². The number of ether oxygens (including phenoxy) is 2. The Bertz CT molecular complexity index is 551. The van der Waals surface area contributed by atoms with Crippen LogP contribution < -0.4 is 10.6 Å². The number of methoxy groups -OCH3 is 1. The van der Waals surface area contributed by atoms with E-state index in [1.807, 2.05) is 13.0 Å². The standard InChI is InChI=1S/C16H22N2O4/c1-3-22-15(19)11-6-8-18(9-7-11)14-5-4-12(17)10-13(14)16(20)21-2/h4-5,10-11H,3,6-9,17H2,1-2H3. The second-order valence-electron chi connectivity index (χ2n) is 5.28. The Morgan fingerprint density at radius 3 is 2.59 bits per heavy atom. The second-order valence-corrected chi connectivity index (χ2v) is 5.28. The molecular formula is C16H22N2O4. The maximum Gasteiger partial charge on any atom is 0.340 e. The van der Waals surface area contributed by atoms with E-state index in [0.29, 0.717) is 43.8 Å². The van der Waals surface area contributed by atoms with Crippen LogP contribution in [0.1, 0.15) is 30.1 Å². The smallest absolute Gasteiger partial charge is 0.340 e. The molecule has 0 radical (unpaired) electrons. The highest BCUT2D eigenvalue weighted by Gasteiger charge is 2.28. The fourth-order valence-electron chi connectivity index (χ4n) is 2.72. The zero-order valence-corrected chi connectivity index (χ0v) is 13.0. The lowest BCUT2D eigenvalue weighted by atomic mass is 9.96. The van der Waals surface area contributed by atoms with Gasteiger partial charge in [-0.1, -0.05) is 0 Å². The molecule has 2 N–H and O–H groups in total. The van der Waals surface area contributed by atoms with E-state index in [1.54, 1.807) is 12.1 Å². The first-order valence-corrected chi connectivity index (χ1v) is 7.46. The number of nitrogens with zero attached hydrogens (tertiary/aromatic N) is 1. The molecule has 1 aliphatic rings. The van der Waals surface area contributed by atoms with Crippen LogP contribution in [0.25, 0.3) is 0 Å². The van der Waals surface area contributed by atoms with Gasteiger partial charge in [-0.25, -0.2) is 4.79 Å². The average molecular weight is 306 g/mol. The fourth-order valence-corrected chi connectivity index (χ4v) is 2.72. The lowest BCUT2D eigenvalue weighted by Gasteiger charge is -2.33. The zero-order valence-electron chi connectivity index (χ0n) is 13.0. The molecule has 0 aliphatic carbocycles. The van der Waals surface area contributed by atoms with Crippen LogP contribution >= 0.6 is 0 Å². The maximum absolute atomic E-state index is 11.9. The molecule has 0 spiro atoms. The van der Waals surface area contributed by atoms with E-state index in [0.717, 1.165) is 5.69 Å². The minimum Gasteiger partial charge on any atom is -0.466 e. The summed E-state index contributed by atoms with van der Waals surface area (Å²) < 4.78 is 9.89. The van der Waals surface area contributed by atoms with Gasteiger partial charge in [0.2, 0.25) is 0 Å². The van der Waals surface area contributed by atoms with Crippen molar-refractivity contribution in [1.29, 1.82) is 0 Å². The third-order valence-corrected chi connectivity index (χ3v) is 3.88. The van der Waals surface area contributed by atoms with Gasteiger partial charge >= 0.3 is 11.9 Å². The molecule has 0 amide bonds. The van der Waals surface area contributed by atoms with Gasteiger partial charge in [-0.05, 0) is 38.0 Å². The molecule has 0 saturated carbocycles. The highest BCUT2D eigenvalue weighted by molar-refractivity contribution is 5.97. The topological polar surface area (TPSA) is 81.9 Å². The lowest BCUT2D eigenvalue weighted by molar-refractivity contribution is -0.148. The Morgan fingerprint density at radius 2 is 2.00 bits per heavy atom. The fraction of sp³-hybridized carbons (Fsp3) is 0.500. The van der Waals surface area contributed by atoms with Gasteiger partial charge in [0.1, 0.15) is 0 Å². The van der Waals surface area contributed by atoms with Crippen molar-refractivity contribution in [3.8, 4) is 0 Å². The number of hydrogen-bond donors (Lipinski definition) is 1. The quantitative estimate of drug-likeness (QED) is 0.675. The molecule has 6 nitrogen and oxygen atoms in total. The SMILES string of the molecule is CCOC(=O)C1CCN(c2ccc(N)cc2C(=O)OC)CC1. The molecule has 0 atom stereocenters. The number of carbonyl (C=O) groups is 2. The van der Waals surface area contributed by atoms with E-state index in [4.69, 9.17) is 15.2 Å². The van der Waals surface area contributed by atoms with Crippen LogP contribution in [0.3, 0.4) is 0 Å². The van der Waals surface area contributed by atoms with E-state index in [2.05, 4.69) is 4.90 Å². The summed E-state index contributed by atoms with van der Waals surface area (Å²) in [5.41, 5.74) is 7.53. The third kappa shape index (κ3) is 3.50. The Morgan fingerprint density at radius 1 is 1.32 bits per heavy atom. The highest BCUT2D eigenvalue weighted by atomic mass is 16.5. The minimum absolute atomic E-state index is 0.0634. The van der Waals surface area contributed by atoms with Crippen molar-refractivity contribution in [1.82, 2.24) is 0 Å². The molecule has 0 unspecified atom stereocenters. The van der Waals surface area contributed by atoms with Crippen LogP contribution in [-0.4, -0.2) is 38.7 Å². The first kappa shape index (κ1) is 16.1. The predicted molar refractivity (Wildman–Crippen MR) is 83.8 cm³/mol. The Kier molecular flexibility index (Phi) is 5.25. The molecule has 1 fully saturated rings. The zero-order chi connectivity index (χ0) is 16.1. The maximum atomic E-state index is 11.9. The number of nitrogens with two attached hydrogens (primary N) is 1. The average Bonchev–Trinajstić information content (AvgIpc) is 2.54. The number of benzene rings is 1. The summed E-state index contributed by atoms with van der Waals surface area (Å²) in [5.74, 6) is -0.603. The van der Waals surface area contributed by atoms with E-state index < -0.39 is 5.97 Å². The summed E-state index contributed by atoms with van der Waals surface area (Å²) in [5, 5.41) is 0. The molecule has 0 aromatic heterocycles. The first-order chi connectivity index (χ1) is 10.6. The van der Waals surface area contributed by atoms with Gasteiger partial charge in [0.05, 0.1) is 30.9 Å². The predicted octanol–water partition coefficient (Wildman–Crippen LogP) is 1.83. The Balaban J connectivity index is 2.11. The van der Waals surface area contributed by atoms with Gasteiger partial charge in [-0.2, -0.15) is 0 Å². The number of nitrogen functional groups attached to an aromatic ring is 1. The molecule has 1 aromatic carbocycles. The molecule has 2 rings (SSSR count). The van der Waals surface area contributed by atoms with Crippen LogP contribution in [0.15, 0.2) is 18.2 Å². The molecule has 1 aromatic rings. The summed E-state index contributed by atoms with van der Waals surface area (Å²) in [6.45, 7) is 3.60. The molecule has 1 aliphatic heterocycles. The molecule has 6 heteroatoms. The molecule has 1 saturated heterocycles. The van der Waals surface area contributed by atoms with Crippen LogP contribution in [0.2, 0.25) is 0 Å². The summed E-state index contributed by atoms with van der Waals surface area (Å²) >= 11 is 0. The number of piperidine rings is 1. The van der Waals surface area contributed by atoms with Crippen LogP contribution in [0.5, 0.6) is 0 Å². The molecule has 0 bridgehead atoms. The van der Waals surface area contributed by atoms with Crippen molar-refractivity contribution in [2.75, 3.05) is 37.4 Å². The van der Waals surface area contributed by atoms with Crippen molar-refractivity contribution >= 4 is 23.3 Å². The summed E-state index contributed by atoms with van der Waals surface area (Å²) in [6, 6.07) is 5.21. The van der Waals surface area contributed by atoms with Crippen molar-refractivity contribution in [3.05, 3.63) is 23.8 Å². The number of carbonyl (C=O) groups excluding carboxylic acids is 2. The normalized spacial score (nSPS) is 15.5. The summed E-state index contributed by atoms with van der Waals surface area (Å²) in [6.07, 6.45) is 1.42. The Hall–Kier alpha value is -2.24. The van der Waals surface area contributed by atoms with E-state index in [1.165, 1.54) is 7.11 Å². The number of rotatable bonds is 4. The van der Waals surface area contributed by atoms with Gasteiger partial charge in [0.25, 0.3) is 0 Å². The van der Waals surface area contributed by atoms with Crippen molar-refractivity contribution in [2.24, 2.45) is 5.92 Å². The number of anilines is 2. The van der Waals surface area contributed by atoms with Crippen molar-refractivity contribution < 1.29 is 19.1 Å². The third-order valence-electron chi connectivity index (χ3n) is 3.88. The molecule has 22 heavy (non-hydrogen) atoms. The van der Waals surface area contributed by atoms with E-state index >= 15 is 0 Å². The van der Waals surface area contributed by atoms with Gasteiger partial charge in [0.15, 0.2) is 0 Å². The number of hydrogen-bond acceptors (Lipinski definition) is 6. The Labute approximate surface area is 130 Å². The molecular weight excluding hydrogens is 284 g/mol. The summed E-state index contributed by atoms with van der Waals surface area (Å²) in [7, 11) is 1.35. The lowest BCUT2D eigenvalue weighted by Crippen LogP contribution is -2.37. The monoisotopic (exact) mass is 306 g/mol. The van der Waals surface area contributed by atoms with Gasteiger partial charge in [-0.15, -0.1) is 0 Å². The number of esters is 2. The second kappa shape index (κ2) is 7.15. The molecule has 1 heterocycles. The van der Waals surface area contributed by atoms with Gasteiger partial charge in [-0.3, -0.25) is 4.79 Å². The van der Waals surface area contributed by atoms with Crippen LogP contribution in [0, 0.1) is 5.92 Å². The largest absolute Gasteiger partial charge is 0.466 e. The van der Waals surface area contributed by atoms with Gasteiger partial charge < -0.3 is 20.1 Å². The van der Waals surface area contributed by atoms with Crippen LogP contribution in [0.4, 0.5) is 11.4 Å². The van der Waals surface area contributed by atoms with Crippen molar-refractivity contribution in [2.45, 2.75) is 19.8 Å². The van der Waals surface area contributed by atoms with E-state index in [-0.39, 0.29) is 11.9 Å².